The summed E-state index contributed by atoms with van der Waals surface area (Å²) in [6, 6.07) is 9.55. The molecule has 2 heterocycles. The van der Waals surface area contributed by atoms with Crippen molar-refractivity contribution in [3.05, 3.63) is 59.5 Å². The van der Waals surface area contributed by atoms with Crippen molar-refractivity contribution >= 4 is 40.4 Å². The summed E-state index contributed by atoms with van der Waals surface area (Å²) in [4.78, 5) is 0. The normalized spacial score (nSPS) is 10.7. The topological polar surface area (TPSA) is 68.9 Å². The summed E-state index contributed by atoms with van der Waals surface area (Å²) in [5.41, 5.74) is 1.78. The molecule has 0 bridgehead atoms. The largest absolute Gasteiger partial charge is 0.360 e. The lowest BCUT2D eigenvalue weighted by Gasteiger charge is -2.07. The van der Waals surface area contributed by atoms with Crippen LogP contribution in [0.3, 0.4) is 0 Å². The van der Waals surface area contributed by atoms with E-state index in [1.807, 2.05) is 49.6 Å². The number of aromatic nitrogens is 4. The van der Waals surface area contributed by atoms with Crippen molar-refractivity contribution in [2.45, 2.75) is 20.2 Å². The predicted molar refractivity (Wildman–Crippen MR) is 106 cm³/mol. The highest BCUT2D eigenvalue weighted by Crippen LogP contribution is 2.16. The van der Waals surface area contributed by atoms with Gasteiger partial charge in [-0.05, 0) is 30.8 Å². The third-order valence-electron chi connectivity index (χ3n) is 3.49. The molecule has 2 N–H and O–H groups in total. The SMILES string of the molecule is CCOCn1cc(NC(=S)Nc2ccn(Cc3ccccc3Cl)n2)cn1. The van der Waals surface area contributed by atoms with Crippen molar-refractivity contribution in [2.24, 2.45) is 0 Å². The molecular weight excluding hydrogens is 372 g/mol. The summed E-state index contributed by atoms with van der Waals surface area (Å²) in [7, 11) is 0. The van der Waals surface area contributed by atoms with Crippen LogP contribution in [0.4, 0.5) is 11.5 Å². The molecule has 0 fully saturated rings. The van der Waals surface area contributed by atoms with Gasteiger partial charge in [-0.25, -0.2) is 4.68 Å². The Kier molecular flexibility index (Phi) is 6.21. The van der Waals surface area contributed by atoms with E-state index in [1.165, 1.54) is 0 Å². The second kappa shape index (κ2) is 8.79. The maximum Gasteiger partial charge on any atom is 0.176 e. The molecule has 7 nitrogen and oxygen atoms in total. The Morgan fingerprint density at radius 1 is 1.23 bits per heavy atom. The number of nitrogens with one attached hydrogen (secondary N) is 2. The fraction of sp³-hybridized carbons (Fsp3) is 0.235. The smallest absolute Gasteiger partial charge is 0.176 e. The number of thiocarbonyl (C=S) groups is 1. The molecule has 1 aromatic carbocycles. The molecule has 3 rings (SSSR count). The van der Waals surface area contributed by atoms with Crippen molar-refractivity contribution in [1.82, 2.24) is 19.6 Å². The monoisotopic (exact) mass is 390 g/mol. The van der Waals surface area contributed by atoms with Crippen molar-refractivity contribution in [2.75, 3.05) is 17.2 Å². The molecule has 0 aliphatic heterocycles. The third kappa shape index (κ3) is 5.04. The standard InChI is InChI=1S/C17H19ClN6OS/c1-2-25-12-24-11-14(9-19-24)20-17(26)21-16-7-8-23(22-16)10-13-5-3-4-6-15(13)18/h3-9,11H,2,10,12H2,1H3,(H2,20,21,22,26). The number of ether oxygens (including phenoxy) is 1. The van der Waals surface area contributed by atoms with Gasteiger partial charge in [-0.15, -0.1) is 0 Å². The number of hydrogen-bond acceptors (Lipinski definition) is 4. The van der Waals surface area contributed by atoms with E-state index in [2.05, 4.69) is 20.8 Å². The first-order valence-corrected chi connectivity index (χ1v) is 8.87. The van der Waals surface area contributed by atoms with Gasteiger partial charge < -0.3 is 15.4 Å². The van der Waals surface area contributed by atoms with Gasteiger partial charge in [0.25, 0.3) is 0 Å². The van der Waals surface area contributed by atoms with Crippen LogP contribution < -0.4 is 10.6 Å². The molecule has 9 heteroatoms. The van der Waals surface area contributed by atoms with Gasteiger partial charge in [-0.1, -0.05) is 29.8 Å². The van der Waals surface area contributed by atoms with Crippen LogP contribution in [0, 0.1) is 0 Å². The van der Waals surface area contributed by atoms with Crippen LogP contribution >= 0.6 is 23.8 Å². The summed E-state index contributed by atoms with van der Waals surface area (Å²) in [6.07, 6.45) is 5.37. The molecule has 0 saturated heterocycles. The maximum atomic E-state index is 6.18. The van der Waals surface area contributed by atoms with Crippen molar-refractivity contribution < 1.29 is 4.74 Å². The van der Waals surface area contributed by atoms with Crippen LogP contribution in [-0.2, 0) is 18.0 Å². The molecule has 0 spiro atoms. The number of benzene rings is 1. The van der Waals surface area contributed by atoms with Crippen molar-refractivity contribution in [3.63, 3.8) is 0 Å². The molecule has 3 aromatic rings. The maximum absolute atomic E-state index is 6.18. The Hall–Kier alpha value is -2.42. The van der Waals surface area contributed by atoms with E-state index in [-0.39, 0.29) is 0 Å². The molecule has 0 unspecified atom stereocenters. The quantitative estimate of drug-likeness (QED) is 0.601. The molecule has 0 saturated carbocycles. The Balaban J connectivity index is 1.54. The van der Waals surface area contributed by atoms with Gasteiger partial charge >= 0.3 is 0 Å². The molecule has 0 radical (unpaired) electrons. The first-order chi connectivity index (χ1) is 12.6. The van der Waals surface area contributed by atoms with Crippen LogP contribution in [0.2, 0.25) is 5.02 Å². The van der Waals surface area contributed by atoms with Gasteiger partial charge in [0.15, 0.2) is 10.9 Å². The zero-order valence-electron chi connectivity index (χ0n) is 14.2. The fourth-order valence-electron chi connectivity index (χ4n) is 2.28. The lowest BCUT2D eigenvalue weighted by atomic mass is 10.2. The highest BCUT2D eigenvalue weighted by Gasteiger charge is 2.06. The first kappa shape index (κ1) is 18.4. The summed E-state index contributed by atoms with van der Waals surface area (Å²) >= 11 is 11.5. The molecule has 136 valence electrons. The Bertz CT molecular complexity index is 878. The zero-order valence-corrected chi connectivity index (χ0v) is 15.8. The van der Waals surface area contributed by atoms with Crippen LogP contribution in [0.15, 0.2) is 48.9 Å². The molecule has 26 heavy (non-hydrogen) atoms. The summed E-state index contributed by atoms with van der Waals surface area (Å²) in [6.45, 7) is 3.57. The zero-order chi connectivity index (χ0) is 18.4. The number of nitrogens with zero attached hydrogens (tertiary/aromatic N) is 4. The van der Waals surface area contributed by atoms with E-state index in [1.54, 1.807) is 15.6 Å². The lowest BCUT2D eigenvalue weighted by Crippen LogP contribution is -2.19. The van der Waals surface area contributed by atoms with Gasteiger partial charge in [0.2, 0.25) is 0 Å². The molecule has 2 aromatic heterocycles. The lowest BCUT2D eigenvalue weighted by molar-refractivity contribution is 0.0792. The van der Waals surface area contributed by atoms with E-state index in [0.717, 1.165) is 16.3 Å². The van der Waals surface area contributed by atoms with Gasteiger partial charge in [-0.3, -0.25) is 4.68 Å². The van der Waals surface area contributed by atoms with Crippen LogP contribution in [0.1, 0.15) is 12.5 Å². The van der Waals surface area contributed by atoms with Gasteiger partial charge in [0.1, 0.15) is 6.73 Å². The van der Waals surface area contributed by atoms with E-state index in [9.17, 15) is 0 Å². The average molecular weight is 391 g/mol. The molecular formula is C17H19ClN6OS. The molecule has 0 aliphatic carbocycles. The van der Waals surface area contributed by atoms with E-state index in [0.29, 0.717) is 30.8 Å². The molecule has 0 amide bonds. The van der Waals surface area contributed by atoms with E-state index < -0.39 is 0 Å². The number of anilines is 2. The Labute approximate surface area is 161 Å². The Morgan fingerprint density at radius 2 is 2.08 bits per heavy atom. The van der Waals surface area contributed by atoms with Gasteiger partial charge in [0.05, 0.1) is 24.6 Å². The fourth-order valence-corrected chi connectivity index (χ4v) is 2.70. The van der Waals surface area contributed by atoms with Crippen LogP contribution in [0.5, 0.6) is 0 Å². The minimum atomic E-state index is 0.408. The van der Waals surface area contributed by atoms with Gasteiger partial charge in [0, 0.05) is 23.9 Å². The number of rotatable bonds is 7. The van der Waals surface area contributed by atoms with Crippen LogP contribution in [-0.4, -0.2) is 31.3 Å². The Morgan fingerprint density at radius 3 is 2.88 bits per heavy atom. The molecule has 0 aliphatic rings. The number of halogens is 1. The predicted octanol–water partition coefficient (Wildman–Crippen LogP) is 3.58. The van der Waals surface area contributed by atoms with Gasteiger partial charge in [-0.2, -0.15) is 10.2 Å². The second-order valence-electron chi connectivity index (χ2n) is 5.46. The number of hydrogen-bond donors (Lipinski definition) is 2. The second-order valence-corrected chi connectivity index (χ2v) is 6.27. The highest BCUT2D eigenvalue weighted by atomic mass is 35.5. The van der Waals surface area contributed by atoms with E-state index in [4.69, 9.17) is 28.6 Å². The highest BCUT2D eigenvalue weighted by molar-refractivity contribution is 7.80. The van der Waals surface area contributed by atoms with Crippen molar-refractivity contribution in [3.8, 4) is 0 Å². The van der Waals surface area contributed by atoms with Crippen LogP contribution in [0.25, 0.3) is 0 Å². The third-order valence-corrected chi connectivity index (χ3v) is 4.06. The minimum absolute atomic E-state index is 0.408. The first-order valence-electron chi connectivity index (χ1n) is 8.09. The summed E-state index contributed by atoms with van der Waals surface area (Å²) in [5.74, 6) is 0.649. The minimum Gasteiger partial charge on any atom is -0.360 e. The van der Waals surface area contributed by atoms with E-state index >= 15 is 0 Å². The summed E-state index contributed by atoms with van der Waals surface area (Å²) < 4.78 is 8.78. The van der Waals surface area contributed by atoms with Crippen molar-refractivity contribution in [1.29, 1.82) is 0 Å². The summed E-state index contributed by atoms with van der Waals surface area (Å²) in [5, 5.41) is 15.9. The average Bonchev–Trinajstić information content (AvgIpc) is 3.24. The molecule has 0 atom stereocenters.